The lowest BCUT2D eigenvalue weighted by atomic mass is 10.1. The third-order valence-corrected chi connectivity index (χ3v) is 4.12. The molecule has 7 heteroatoms. The van der Waals surface area contributed by atoms with Gasteiger partial charge in [-0.25, -0.2) is 4.98 Å². The Morgan fingerprint density at radius 1 is 1.26 bits per heavy atom. The van der Waals surface area contributed by atoms with Crippen molar-refractivity contribution in [3.05, 3.63) is 37.2 Å². The Balaban J connectivity index is 2.30. The van der Waals surface area contributed by atoms with Gasteiger partial charge in [-0.15, -0.1) is 0 Å². The van der Waals surface area contributed by atoms with Gasteiger partial charge in [0.05, 0.1) is 11.1 Å². The van der Waals surface area contributed by atoms with E-state index in [1.807, 2.05) is 18.2 Å². The quantitative estimate of drug-likeness (QED) is 0.401. The summed E-state index contributed by atoms with van der Waals surface area (Å²) in [5.41, 5.74) is 1.50. The fourth-order valence-corrected chi connectivity index (χ4v) is 3.63. The number of halogens is 3. The minimum Gasteiger partial charge on any atom is -0.334 e. The first-order chi connectivity index (χ1) is 9.04. The number of pyridine rings is 1. The lowest BCUT2D eigenvalue weighted by molar-refractivity contribution is 0.425. The number of hydrogen-bond donors (Lipinski definition) is 0. The summed E-state index contributed by atoms with van der Waals surface area (Å²) in [6.07, 6.45) is 0. The van der Waals surface area contributed by atoms with E-state index in [9.17, 15) is 0 Å². The van der Waals surface area contributed by atoms with Crippen molar-refractivity contribution < 1.29 is 4.52 Å². The third kappa shape index (κ3) is 2.48. The van der Waals surface area contributed by atoms with Crippen LogP contribution in [0.15, 0.2) is 27.2 Å². The lowest BCUT2D eigenvalue weighted by Crippen LogP contribution is -1.89. The van der Waals surface area contributed by atoms with Gasteiger partial charge in [-0.3, -0.25) is 0 Å². The van der Waals surface area contributed by atoms with Crippen molar-refractivity contribution in [2.75, 3.05) is 0 Å². The molecule has 0 aliphatic heterocycles. The molecule has 0 unspecified atom stereocenters. The van der Waals surface area contributed by atoms with Gasteiger partial charge in [0.15, 0.2) is 5.82 Å². The Bertz CT molecular complexity index is 790. The van der Waals surface area contributed by atoms with Crippen LogP contribution in [0.2, 0.25) is 5.15 Å². The van der Waals surface area contributed by atoms with Crippen LogP contribution in [0.1, 0.15) is 5.82 Å². The number of rotatable bonds is 1. The second kappa shape index (κ2) is 4.99. The summed E-state index contributed by atoms with van der Waals surface area (Å²) < 4.78 is 7.15. The highest BCUT2D eigenvalue weighted by atomic mass is 127. The van der Waals surface area contributed by atoms with E-state index in [2.05, 4.69) is 53.6 Å². The average molecular weight is 450 g/mol. The molecule has 2 heterocycles. The molecular weight excluding hydrogens is 444 g/mol. The summed E-state index contributed by atoms with van der Waals surface area (Å²) in [6, 6.07) is 5.88. The minimum atomic E-state index is 0.358. The maximum Gasteiger partial charge on any atom is 0.261 e. The van der Waals surface area contributed by atoms with E-state index in [1.165, 1.54) is 0 Å². The Kier molecular flexibility index (Phi) is 3.48. The van der Waals surface area contributed by atoms with Crippen LogP contribution in [0, 0.1) is 10.5 Å². The molecular formula is C12H6BrClIN3O. The molecule has 4 nitrogen and oxygen atoms in total. The largest absolute Gasteiger partial charge is 0.334 e. The number of aromatic nitrogens is 3. The van der Waals surface area contributed by atoms with Crippen LogP contribution in [0.5, 0.6) is 0 Å². The monoisotopic (exact) mass is 449 g/mol. The topological polar surface area (TPSA) is 51.8 Å². The normalized spacial score (nSPS) is 11.2. The van der Waals surface area contributed by atoms with Crippen LogP contribution in [0.3, 0.4) is 0 Å². The Labute approximate surface area is 135 Å². The van der Waals surface area contributed by atoms with Gasteiger partial charge in [-0.05, 0) is 47.7 Å². The van der Waals surface area contributed by atoms with Gasteiger partial charge in [0.2, 0.25) is 0 Å². The summed E-state index contributed by atoms with van der Waals surface area (Å²) >= 11 is 11.9. The molecule has 0 fully saturated rings. The number of hydrogen-bond acceptors (Lipinski definition) is 4. The summed E-state index contributed by atoms with van der Waals surface area (Å²) in [5, 5.41) is 5.09. The molecule has 3 rings (SSSR count). The van der Waals surface area contributed by atoms with E-state index in [1.54, 1.807) is 6.92 Å². The van der Waals surface area contributed by atoms with Gasteiger partial charge < -0.3 is 4.52 Å². The molecule has 0 spiro atoms. The fourth-order valence-electron chi connectivity index (χ4n) is 1.74. The van der Waals surface area contributed by atoms with Gasteiger partial charge in [0.1, 0.15) is 5.15 Å². The SMILES string of the molecule is Cc1noc(-c2cc3cc(Br)cc(I)c3nc2Cl)n1. The van der Waals surface area contributed by atoms with E-state index >= 15 is 0 Å². The standard InChI is InChI=1S/C12H6BrClIN3O/c1-5-16-12(19-18-5)8-3-6-2-7(13)4-9(15)10(6)17-11(8)14/h2-4H,1H3. The van der Waals surface area contributed by atoms with Gasteiger partial charge in [-0.2, -0.15) is 4.98 Å². The molecule has 0 bridgehead atoms. The van der Waals surface area contributed by atoms with E-state index in [0.29, 0.717) is 22.4 Å². The smallest absolute Gasteiger partial charge is 0.261 e. The van der Waals surface area contributed by atoms with E-state index in [0.717, 1.165) is 18.9 Å². The van der Waals surface area contributed by atoms with Crippen LogP contribution in [-0.4, -0.2) is 15.1 Å². The summed E-state index contributed by atoms with van der Waals surface area (Å²) in [7, 11) is 0. The molecule has 0 saturated heterocycles. The second-order valence-corrected chi connectivity index (χ2v) is 6.37. The zero-order valence-electron chi connectivity index (χ0n) is 9.62. The Morgan fingerprint density at radius 2 is 2.05 bits per heavy atom. The molecule has 0 saturated carbocycles. The summed E-state index contributed by atoms with van der Waals surface area (Å²) in [5.74, 6) is 0.946. The molecule has 1 aromatic carbocycles. The zero-order chi connectivity index (χ0) is 13.6. The maximum absolute atomic E-state index is 6.20. The number of aryl methyl sites for hydroxylation is 1. The van der Waals surface area contributed by atoms with Gasteiger partial charge in [-0.1, -0.05) is 32.7 Å². The van der Waals surface area contributed by atoms with Crippen molar-refractivity contribution in [1.29, 1.82) is 0 Å². The molecule has 19 heavy (non-hydrogen) atoms. The number of fused-ring (bicyclic) bond motifs is 1. The van der Waals surface area contributed by atoms with Gasteiger partial charge >= 0.3 is 0 Å². The van der Waals surface area contributed by atoms with E-state index < -0.39 is 0 Å². The van der Waals surface area contributed by atoms with E-state index in [4.69, 9.17) is 16.1 Å². The fraction of sp³-hybridized carbons (Fsp3) is 0.0833. The average Bonchev–Trinajstić information content (AvgIpc) is 2.76. The highest BCUT2D eigenvalue weighted by molar-refractivity contribution is 14.1. The summed E-state index contributed by atoms with van der Waals surface area (Å²) in [4.78, 5) is 8.59. The van der Waals surface area contributed by atoms with Crippen molar-refractivity contribution >= 4 is 61.0 Å². The predicted molar refractivity (Wildman–Crippen MR) is 85.2 cm³/mol. The Hall–Kier alpha value is -0.730. The van der Waals surface area contributed by atoms with Crippen LogP contribution in [-0.2, 0) is 0 Å². The van der Waals surface area contributed by atoms with Crippen LogP contribution in [0.25, 0.3) is 22.4 Å². The molecule has 3 aromatic rings. The third-order valence-electron chi connectivity index (χ3n) is 2.55. The lowest BCUT2D eigenvalue weighted by Gasteiger charge is -2.05. The Morgan fingerprint density at radius 3 is 2.74 bits per heavy atom. The molecule has 0 aliphatic carbocycles. The zero-order valence-corrected chi connectivity index (χ0v) is 14.1. The van der Waals surface area contributed by atoms with Crippen LogP contribution >= 0.6 is 50.1 Å². The molecule has 0 atom stereocenters. The predicted octanol–water partition coefficient (Wildman–Crippen LogP) is 4.61. The van der Waals surface area contributed by atoms with Crippen LogP contribution in [0.4, 0.5) is 0 Å². The van der Waals surface area contributed by atoms with Crippen molar-refractivity contribution in [3.8, 4) is 11.5 Å². The first-order valence-electron chi connectivity index (χ1n) is 5.30. The first-order valence-corrected chi connectivity index (χ1v) is 7.55. The first kappa shape index (κ1) is 13.3. The van der Waals surface area contributed by atoms with Crippen molar-refractivity contribution in [2.45, 2.75) is 6.92 Å². The van der Waals surface area contributed by atoms with Crippen molar-refractivity contribution in [3.63, 3.8) is 0 Å². The molecule has 0 amide bonds. The summed E-state index contributed by atoms with van der Waals surface area (Å²) in [6.45, 7) is 1.76. The van der Waals surface area contributed by atoms with Gasteiger partial charge in [0, 0.05) is 13.4 Å². The van der Waals surface area contributed by atoms with E-state index in [-0.39, 0.29) is 0 Å². The molecule has 0 aliphatic rings. The molecule has 0 N–H and O–H groups in total. The molecule has 96 valence electrons. The number of nitrogens with zero attached hydrogens (tertiary/aromatic N) is 3. The highest BCUT2D eigenvalue weighted by Gasteiger charge is 2.14. The van der Waals surface area contributed by atoms with Crippen molar-refractivity contribution in [2.24, 2.45) is 0 Å². The van der Waals surface area contributed by atoms with Gasteiger partial charge in [0.25, 0.3) is 5.89 Å². The highest BCUT2D eigenvalue weighted by Crippen LogP contribution is 2.32. The van der Waals surface area contributed by atoms with Crippen LogP contribution < -0.4 is 0 Å². The molecule has 0 radical (unpaired) electrons. The maximum atomic E-state index is 6.20. The second-order valence-electron chi connectivity index (χ2n) is 3.93. The minimum absolute atomic E-state index is 0.358. The van der Waals surface area contributed by atoms with Crippen molar-refractivity contribution in [1.82, 2.24) is 15.1 Å². The number of benzene rings is 1. The molecule has 2 aromatic heterocycles.